The second kappa shape index (κ2) is 3.14. The highest BCUT2D eigenvalue weighted by Gasteiger charge is 2.22. The molecule has 0 bridgehead atoms. The van der Waals surface area contributed by atoms with Gasteiger partial charge in [-0.25, -0.2) is 0 Å². The maximum atomic E-state index is 3.88. The van der Waals surface area contributed by atoms with Gasteiger partial charge in [-0.3, -0.25) is 0 Å². The molecule has 0 spiro atoms. The molecule has 1 rings (SSSR count). The van der Waals surface area contributed by atoms with E-state index < -0.39 is 0 Å². The fraction of sp³-hybridized carbons (Fsp3) is 0.889. The van der Waals surface area contributed by atoms with Gasteiger partial charge in [0.2, 0.25) is 0 Å². The van der Waals surface area contributed by atoms with Crippen LogP contribution in [0.2, 0.25) is 0 Å². The van der Waals surface area contributed by atoms with Crippen molar-refractivity contribution in [3.05, 3.63) is 6.92 Å². The van der Waals surface area contributed by atoms with Crippen molar-refractivity contribution in [3.63, 3.8) is 0 Å². The van der Waals surface area contributed by atoms with Gasteiger partial charge in [0.25, 0.3) is 0 Å². The van der Waals surface area contributed by atoms with Crippen molar-refractivity contribution in [2.75, 3.05) is 0 Å². The lowest BCUT2D eigenvalue weighted by molar-refractivity contribution is 0.394. The Bertz CT molecular complexity index is 76.1. The number of hydrogen-bond acceptors (Lipinski definition) is 0. The molecular weight excluding hydrogens is 108 g/mol. The highest BCUT2D eigenvalue weighted by molar-refractivity contribution is 4.73. The minimum Gasteiger partial charge on any atom is -0.0622 e. The summed E-state index contributed by atoms with van der Waals surface area (Å²) in [6.45, 7) is 6.27. The molecule has 0 aromatic rings. The fourth-order valence-electron chi connectivity index (χ4n) is 1.91. The molecule has 2 atom stereocenters. The van der Waals surface area contributed by atoms with Gasteiger partial charge >= 0.3 is 0 Å². The fourth-order valence-corrected chi connectivity index (χ4v) is 1.91. The monoisotopic (exact) mass is 125 g/mol. The molecule has 0 aromatic heterocycles. The van der Waals surface area contributed by atoms with E-state index in [0.717, 1.165) is 18.3 Å². The van der Waals surface area contributed by atoms with Crippen LogP contribution < -0.4 is 0 Å². The summed E-state index contributed by atoms with van der Waals surface area (Å²) >= 11 is 0. The zero-order chi connectivity index (χ0) is 6.69. The summed E-state index contributed by atoms with van der Waals surface area (Å²) in [5.41, 5.74) is 0. The molecular formula is C9H17+. The van der Waals surface area contributed by atoms with E-state index in [2.05, 4.69) is 13.8 Å². The topological polar surface area (TPSA) is 0 Å². The van der Waals surface area contributed by atoms with Gasteiger partial charge in [0.1, 0.15) is 0 Å². The van der Waals surface area contributed by atoms with Crippen LogP contribution in [0.1, 0.15) is 39.0 Å². The van der Waals surface area contributed by atoms with Crippen LogP contribution in [0.25, 0.3) is 0 Å². The van der Waals surface area contributed by atoms with Crippen molar-refractivity contribution in [3.8, 4) is 0 Å². The van der Waals surface area contributed by atoms with Gasteiger partial charge in [-0.05, 0) is 18.3 Å². The molecule has 0 saturated heterocycles. The highest BCUT2D eigenvalue weighted by atomic mass is 14.3. The van der Waals surface area contributed by atoms with Crippen LogP contribution in [-0.2, 0) is 0 Å². The summed E-state index contributed by atoms with van der Waals surface area (Å²) in [5, 5.41) is 0. The first-order valence-electron chi connectivity index (χ1n) is 4.14. The summed E-state index contributed by atoms with van der Waals surface area (Å²) < 4.78 is 0. The van der Waals surface area contributed by atoms with E-state index >= 15 is 0 Å². The van der Waals surface area contributed by atoms with E-state index in [1.807, 2.05) is 0 Å². The molecule has 52 valence electrons. The van der Waals surface area contributed by atoms with Crippen LogP contribution in [-0.4, -0.2) is 0 Å². The first-order chi connectivity index (χ1) is 4.34. The molecule has 0 radical (unpaired) electrons. The largest absolute Gasteiger partial charge is 0.0853 e. The van der Waals surface area contributed by atoms with Gasteiger partial charge in [0.15, 0.2) is 0 Å². The summed E-state index contributed by atoms with van der Waals surface area (Å²) in [6.07, 6.45) is 6.89. The summed E-state index contributed by atoms with van der Waals surface area (Å²) in [6, 6.07) is 0. The quantitative estimate of drug-likeness (QED) is 0.498. The number of rotatable bonds is 2. The van der Waals surface area contributed by atoms with Crippen molar-refractivity contribution < 1.29 is 0 Å². The molecule has 0 aromatic carbocycles. The Hall–Kier alpha value is -0.130. The Morgan fingerprint density at radius 3 is 2.67 bits per heavy atom. The van der Waals surface area contributed by atoms with E-state index in [0.29, 0.717) is 0 Å². The van der Waals surface area contributed by atoms with Crippen LogP contribution in [0.5, 0.6) is 0 Å². The van der Waals surface area contributed by atoms with Crippen LogP contribution in [0.3, 0.4) is 0 Å². The van der Waals surface area contributed by atoms with Gasteiger partial charge < -0.3 is 0 Å². The molecule has 0 nitrogen and oxygen atoms in total. The zero-order valence-corrected chi connectivity index (χ0v) is 6.40. The van der Waals surface area contributed by atoms with Crippen LogP contribution in [0, 0.1) is 18.8 Å². The van der Waals surface area contributed by atoms with E-state index in [9.17, 15) is 0 Å². The Balaban J connectivity index is 2.22. The molecule has 0 heterocycles. The predicted molar refractivity (Wildman–Crippen MR) is 41.1 cm³/mol. The summed E-state index contributed by atoms with van der Waals surface area (Å²) in [7, 11) is 0. The van der Waals surface area contributed by atoms with Crippen LogP contribution in [0.4, 0.5) is 0 Å². The zero-order valence-electron chi connectivity index (χ0n) is 6.40. The number of hydrogen-bond donors (Lipinski definition) is 0. The average molecular weight is 125 g/mol. The maximum Gasteiger partial charge on any atom is 0.0853 e. The Morgan fingerprint density at radius 1 is 1.44 bits per heavy atom. The predicted octanol–water partition coefficient (Wildman–Crippen LogP) is 3.04. The molecule has 0 aliphatic heterocycles. The first kappa shape index (κ1) is 6.98. The smallest absolute Gasteiger partial charge is 0.0622 e. The summed E-state index contributed by atoms with van der Waals surface area (Å²) in [5.74, 6) is 2.01. The van der Waals surface area contributed by atoms with Crippen molar-refractivity contribution in [1.82, 2.24) is 0 Å². The third-order valence-electron chi connectivity index (χ3n) is 2.61. The van der Waals surface area contributed by atoms with E-state index in [-0.39, 0.29) is 0 Å². The van der Waals surface area contributed by atoms with Gasteiger partial charge in [-0.2, -0.15) is 0 Å². The van der Waals surface area contributed by atoms with Gasteiger partial charge in [0, 0.05) is 0 Å². The second-order valence-corrected chi connectivity index (χ2v) is 3.31. The minimum absolute atomic E-state index is 0.992. The van der Waals surface area contributed by atoms with E-state index in [1.54, 1.807) is 0 Å². The van der Waals surface area contributed by atoms with E-state index in [4.69, 9.17) is 0 Å². The molecule has 9 heavy (non-hydrogen) atoms. The molecule has 1 unspecified atom stereocenters. The lowest BCUT2D eigenvalue weighted by atomic mass is 9.94. The minimum atomic E-state index is 0.992. The van der Waals surface area contributed by atoms with Gasteiger partial charge in [0.05, 0.1) is 13.3 Å². The lowest BCUT2D eigenvalue weighted by Gasteiger charge is -2.10. The van der Waals surface area contributed by atoms with E-state index in [1.165, 1.54) is 25.7 Å². The Morgan fingerprint density at radius 2 is 2.22 bits per heavy atom. The SMILES string of the molecule is [CH2+]CCC1CCC[C@H]1C. The standard InChI is InChI=1S/C9H17/c1-3-5-9-7-4-6-8(9)2/h8-9H,1,3-7H2,2H3/q+1/t8-,9?/m1/s1. The normalized spacial score (nSPS) is 35.2. The third-order valence-corrected chi connectivity index (χ3v) is 2.61. The molecule has 1 saturated carbocycles. The molecule has 0 heteroatoms. The molecule has 0 amide bonds. The maximum absolute atomic E-state index is 3.88. The Kier molecular flexibility index (Phi) is 2.44. The second-order valence-electron chi connectivity index (χ2n) is 3.31. The van der Waals surface area contributed by atoms with Crippen molar-refractivity contribution in [2.45, 2.75) is 39.0 Å². The molecule has 1 aliphatic rings. The van der Waals surface area contributed by atoms with Crippen molar-refractivity contribution >= 4 is 0 Å². The van der Waals surface area contributed by atoms with Gasteiger partial charge in [-0.1, -0.05) is 26.2 Å². The Labute approximate surface area is 58.7 Å². The third kappa shape index (κ3) is 1.64. The molecule has 1 fully saturated rings. The van der Waals surface area contributed by atoms with Crippen molar-refractivity contribution in [2.24, 2.45) is 11.8 Å². The average Bonchev–Trinajstić information content (AvgIpc) is 2.18. The molecule has 0 N–H and O–H groups in total. The summed E-state index contributed by atoms with van der Waals surface area (Å²) in [4.78, 5) is 0. The first-order valence-corrected chi connectivity index (χ1v) is 4.14. The highest BCUT2D eigenvalue weighted by Crippen LogP contribution is 2.33. The van der Waals surface area contributed by atoms with Crippen LogP contribution >= 0.6 is 0 Å². The van der Waals surface area contributed by atoms with Gasteiger partial charge in [-0.15, -0.1) is 0 Å². The molecule has 1 aliphatic carbocycles. The lowest BCUT2D eigenvalue weighted by Crippen LogP contribution is -2.02. The van der Waals surface area contributed by atoms with Crippen molar-refractivity contribution in [1.29, 1.82) is 0 Å². The van der Waals surface area contributed by atoms with Crippen LogP contribution in [0.15, 0.2) is 0 Å².